The van der Waals surface area contributed by atoms with Crippen LogP contribution < -0.4 is 9.47 Å². The minimum absolute atomic E-state index is 0.0120. The summed E-state index contributed by atoms with van der Waals surface area (Å²) in [6.45, 7) is 2.34. The van der Waals surface area contributed by atoms with Crippen LogP contribution in [0.4, 0.5) is 5.69 Å². The summed E-state index contributed by atoms with van der Waals surface area (Å²) in [4.78, 5) is 22.5. The lowest BCUT2D eigenvalue weighted by atomic mass is 10.1. The molecule has 0 N–H and O–H groups in total. The van der Waals surface area contributed by atoms with Crippen LogP contribution in [0.1, 0.15) is 22.8 Å². The van der Waals surface area contributed by atoms with Crippen LogP contribution in [0.5, 0.6) is 11.5 Å². The van der Waals surface area contributed by atoms with Crippen molar-refractivity contribution in [2.24, 2.45) is 0 Å². The summed E-state index contributed by atoms with van der Waals surface area (Å²) in [5.41, 5.74) is 0.621. The Hall–Kier alpha value is -2.86. The van der Waals surface area contributed by atoms with Crippen LogP contribution in [-0.4, -0.2) is 24.4 Å². The van der Waals surface area contributed by atoms with Gasteiger partial charge in [0.25, 0.3) is 5.69 Å². The number of nitrogens with zero attached hydrogens (tertiary/aromatic N) is 1. The van der Waals surface area contributed by atoms with Gasteiger partial charge in [-0.05, 0) is 42.8 Å². The Labute approximate surface area is 149 Å². The molecule has 0 atom stereocenters. The summed E-state index contributed by atoms with van der Waals surface area (Å²) >= 11 is 5.75. The van der Waals surface area contributed by atoms with Crippen molar-refractivity contribution in [1.29, 1.82) is 0 Å². The van der Waals surface area contributed by atoms with Gasteiger partial charge in [0.2, 0.25) is 0 Å². The van der Waals surface area contributed by atoms with Gasteiger partial charge in [-0.15, -0.1) is 0 Å². The fraction of sp³-hybridized carbons (Fsp3) is 0.167. The topological polar surface area (TPSA) is 78.7 Å². The molecule has 0 spiro atoms. The maximum atomic E-state index is 12.2. The van der Waals surface area contributed by atoms with Crippen LogP contribution in [0, 0.1) is 10.1 Å². The SMILES string of the molecule is CCOc1cc(C=CC(=O)c2ccc(Cl)c([N+](=O)[O-])c2)ccc1OC. The van der Waals surface area contributed by atoms with E-state index in [9.17, 15) is 14.9 Å². The molecule has 0 aliphatic carbocycles. The van der Waals surface area contributed by atoms with E-state index in [4.69, 9.17) is 21.1 Å². The highest BCUT2D eigenvalue weighted by Crippen LogP contribution is 2.29. The van der Waals surface area contributed by atoms with Gasteiger partial charge in [-0.3, -0.25) is 14.9 Å². The van der Waals surface area contributed by atoms with Gasteiger partial charge in [-0.1, -0.05) is 23.7 Å². The van der Waals surface area contributed by atoms with Gasteiger partial charge in [0, 0.05) is 11.6 Å². The molecule has 0 bridgehead atoms. The maximum absolute atomic E-state index is 12.2. The molecule has 0 saturated carbocycles. The largest absolute Gasteiger partial charge is 0.493 e. The van der Waals surface area contributed by atoms with Gasteiger partial charge in [0.05, 0.1) is 18.6 Å². The zero-order valence-electron chi connectivity index (χ0n) is 13.7. The lowest BCUT2D eigenvalue weighted by Gasteiger charge is -2.09. The number of nitro groups is 1. The van der Waals surface area contributed by atoms with E-state index in [1.807, 2.05) is 6.92 Å². The molecule has 7 heteroatoms. The number of nitro benzene ring substituents is 1. The number of allylic oxidation sites excluding steroid dienone is 1. The Morgan fingerprint density at radius 2 is 2.00 bits per heavy atom. The van der Waals surface area contributed by atoms with E-state index in [1.54, 1.807) is 31.4 Å². The van der Waals surface area contributed by atoms with Gasteiger partial charge >= 0.3 is 0 Å². The van der Waals surface area contributed by atoms with Crippen molar-refractivity contribution in [2.75, 3.05) is 13.7 Å². The molecule has 2 aromatic carbocycles. The summed E-state index contributed by atoms with van der Waals surface area (Å²) in [7, 11) is 1.55. The second-order valence-electron chi connectivity index (χ2n) is 4.96. The predicted octanol–water partition coefficient (Wildman–Crippen LogP) is 4.55. The fourth-order valence-corrected chi connectivity index (χ4v) is 2.33. The van der Waals surface area contributed by atoms with E-state index in [0.29, 0.717) is 18.1 Å². The maximum Gasteiger partial charge on any atom is 0.288 e. The second-order valence-corrected chi connectivity index (χ2v) is 5.37. The Balaban J connectivity index is 2.24. The normalized spacial score (nSPS) is 10.7. The van der Waals surface area contributed by atoms with E-state index in [-0.39, 0.29) is 22.1 Å². The number of methoxy groups -OCH3 is 1. The zero-order chi connectivity index (χ0) is 18.4. The first-order chi connectivity index (χ1) is 12.0. The molecule has 0 aromatic heterocycles. The van der Waals surface area contributed by atoms with Crippen LogP contribution in [0.3, 0.4) is 0 Å². The predicted molar refractivity (Wildman–Crippen MR) is 95.6 cm³/mol. The third kappa shape index (κ3) is 4.58. The highest BCUT2D eigenvalue weighted by atomic mass is 35.5. The molecule has 0 aliphatic heterocycles. The first-order valence-electron chi connectivity index (χ1n) is 7.43. The average molecular weight is 362 g/mol. The Kier molecular flexibility index (Phi) is 6.14. The average Bonchev–Trinajstić information content (AvgIpc) is 2.60. The number of carbonyl (C=O) groups is 1. The molecule has 130 valence electrons. The molecule has 0 aliphatic rings. The van der Waals surface area contributed by atoms with Crippen molar-refractivity contribution in [1.82, 2.24) is 0 Å². The molecule has 25 heavy (non-hydrogen) atoms. The van der Waals surface area contributed by atoms with Gasteiger partial charge in [-0.25, -0.2) is 0 Å². The van der Waals surface area contributed by atoms with Crippen molar-refractivity contribution < 1.29 is 19.2 Å². The Morgan fingerprint density at radius 1 is 1.24 bits per heavy atom. The first kappa shape index (κ1) is 18.5. The lowest BCUT2D eigenvalue weighted by Crippen LogP contribution is -1.97. The van der Waals surface area contributed by atoms with E-state index in [2.05, 4.69) is 0 Å². The van der Waals surface area contributed by atoms with Crippen molar-refractivity contribution in [3.63, 3.8) is 0 Å². The number of hydrogen-bond acceptors (Lipinski definition) is 5. The Morgan fingerprint density at radius 3 is 2.64 bits per heavy atom. The highest BCUT2D eigenvalue weighted by Gasteiger charge is 2.15. The summed E-state index contributed by atoms with van der Waals surface area (Å²) < 4.78 is 10.7. The van der Waals surface area contributed by atoms with Crippen molar-refractivity contribution in [3.8, 4) is 11.5 Å². The monoisotopic (exact) mass is 361 g/mol. The smallest absolute Gasteiger partial charge is 0.288 e. The molecule has 6 nitrogen and oxygen atoms in total. The van der Waals surface area contributed by atoms with Crippen LogP contribution in [-0.2, 0) is 0 Å². The van der Waals surface area contributed by atoms with Crippen LogP contribution in [0.15, 0.2) is 42.5 Å². The molecule has 2 aromatic rings. The summed E-state index contributed by atoms with van der Waals surface area (Å²) in [6.07, 6.45) is 2.94. The number of benzene rings is 2. The summed E-state index contributed by atoms with van der Waals surface area (Å²) in [5.74, 6) is 0.800. The second kappa shape index (κ2) is 8.30. The molecule has 0 radical (unpaired) electrons. The number of hydrogen-bond donors (Lipinski definition) is 0. The fourth-order valence-electron chi connectivity index (χ4n) is 2.14. The van der Waals surface area contributed by atoms with Crippen molar-refractivity contribution >= 4 is 29.1 Å². The Bertz CT molecular complexity index is 832. The molecular weight excluding hydrogens is 346 g/mol. The number of halogens is 1. The van der Waals surface area contributed by atoms with E-state index < -0.39 is 4.92 Å². The van der Waals surface area contributed by atoms with Gasteiger partial charge in [0.1, 0.15) is 5.02 Å². The molecule has 0 fully saturated rings. The molecular formula is C18H16ClNO5. The van der Waals surface area contributed by atoms with Gasteiger partial charge in [-0.2, -0.15) is 0 Å². The first-order valence-corrected chi connectivity index (χ1v) is 7.81. The summed E-state index contributed by atoms with van der Waals surface area (Å²) in [6, 6.07) is 9.20. The van der Waals surface area contributed by atoms with Crippen LogP contribution in [0.25, 0.3) is 6.08 Å². The minimum Gasteiger partial charge on any atom is -0.493 e. The zero-order valence-corrected chi connectivity index (χ0v) is 14.4. The van der Waals surface area contributed by atoms with Crippen molar-refractivity contribution in [3.05, 3.63) is 68.7 Å². The number of ether oxygens (including phenoxy) is 2. The quantitative estimate of drug-likeness (QED) is 0.313. The van der Waals surface area contributed by atoms with E-state index in [0.717, 1.165) is 11.6 Å². The standard InChI is InChI=1S/C18H16ClNO5/c1-3-25-18-10-12(5-9-17(18)24-2)4-8-16(21)13-6-7-14(19)15(11-13)20(22)23/h4-11H,3H2,1-2H3. The molecule has 0 saturated heterocycles. The van der Waals surface area contributed by atoms with Crippen LogP contribution in [0.2, 0.25) is 5.02 Å². The third-order valence-electron chi connectivity index (χ3n) is 3.34. The van der Waals surface area contributed by atoms with Gasteiger partial charge in [0.15, 0.2) is 17.3 Å². The molecule has 0 heterocycles. The minimum atomic E-state index is -0.624. The number of carbonyl (C=O) groups excluding carboxylic acids is 1. The van der Waals surface area contributed by atoms with E-state index in [1.165, 1.54) is 18.2 Å². The summed E-state index contributed by atoms with van der Waals surface area (Å²) in [5, 5.41) is 10.9. The van der Waals surface area contributed by atoms with E-state index >= 15 is 0 Å². The molecule has 0 unspecified atom stereocenters. The van der Waals surface area contributed by atoms with Crippen molar-refractivity contribution in [2.45, 2.75) is 6.92 Å². The third-order valence-corrected chi connectivity index (χ3v) is 3.66. The number of rotatable bonds is 7. The highest BCUT2D eigenvalue weighted by molar-refractivity contribution is 6.32. The lowest BCUT2D eigenvalue weighted by molar-refractivity contribution is -0.384. The molecule has 2 rings (SSSR count). The number of ketones is 1. The van der Waals surface area contributed by atoms with Gasteiger partial charge < -0.3 is 9.47 Å². The molecule has 0 amide bonds. The van der Waals surface area contributed by atoms with Crippen LogP contribution >= 0.6 is 11.6 Å².